The highest BCUT2D eigenvalue weighted by molar-refractivity contribution is 5.52. The van der Waals surface area contributed by atoms with Gasteiger partial charge in [0.05, 0.1) is 0 Å². The largest absolute Gasteiger partial charge is 0.508 e. The topological polar surface area (TPSA) is 40.5 Å². The maximum absolute atomic E-state index is 10.8. The Bertz CT molecular complexity index is 678. The molecule has 2 aromatic rings. The minimum Gasteiger partial charge on any atom is -0.508 e. The Morgan fingerprint density at radius 1 is 0.708 bits per heavy atom. The molecule has 1 atom stereocenters. The first-order valence-electron chi connectivity index (χ1n) is 8.58. The van der Waals surface area contributed by atoms with Gasteiger partial charge in [0.1, 0.15) is 11.5 Å². The summed E-state index contributed by atoms with van der Waals surface area (Å²) in [7, 11) is 0. The average molecular weight is 326 g/mol. The Morgan fingerprint density at radius 2 is 1.12 bits per heavy atom. The molecule has 2 aromatic carbocycles. The summed E-state index contributed by atoms with van der Waals surface area (Å²) in [5.41, 5.74) is 4.04. The van der Waals surface area contributed by atoms with Crippen LogP contribution in [0.3, 0.4) is 0 Å². The molecule has 0 fully saturated rings. The second-order valence-electron chi connectivity index (χ2n) is 8.78. The summed E-state index contributed by atoms with van der Waals surface area (Å²) in [5, 5.41) is 20.4. The second-order valence-corrected chi connectivity index (χ2v) is 8.78. The van der Waals surface area contributed by atoms with E-state index >= 15 is 0 Å². The van der Waals surface area contributed by atoms with Crippen molar-refractivity contribution in [2.45, 2.75) is 65.2 Å². The van der Waals surface area contributed by atoms with Crippen LogP contribution in [0.2, 0.25) is 0 Å². The molecule has 0 radical (unpaired) electrons. The minimum atomic E-state index is -0.130. The number of hydrogen-bond donors (Lipinski definition) is 2. The van der Waals surface area contributed by atoms with E-state index in [2.05, 4.69) is 60.6 Å². The van der Waals surface area contributed by atoms with Crippen LogP contribution in [-0.2, 0) is 10.8 Å². The molecule has 0 bridgehead atoms. The van der Waals surface area contributed by atoms with Crippen molar-refractivity contribution in [2.24, 2.45) is 0 Å². The third kappa shape index (κ3) is 3.75. The summed E-state index contributed by atoms with van der Waals surface area (Å²) in [5.74, 6) is 0.882. The molecule has 0 aliphatic carbocycles. The molecule has 2 nitrogen and oxygen atoms in total. The van der Waals surface area contributed by atoms with Crippen molar-refractivity contribution >= 4 is 0 Å². The fourth-order valence-electron chi connectivity index (χ4n) is 3.01. The van der Waals surface area contributed by atoms with E-state index in [1.807, 2.05) is 12.1 Å². The molecule has 0 amide bonds. The van der Waals surface area contributed by atoms with Gasteiger partial charge in [0.15, 0.2) is 0 Å². The predicted molar refractivity (Wildman–Crippen MR) is 101 cm³/mol. The Morgan fingerprint density at radius 3 is 1.50 bits per heavy atom. The van der Waals surface area contributed by atoms with Crippen molar-refractivity contribution in [1.29, 1.82) is 0 Å². The van der Waals surface area contributed by atoms with Crippen molar-refractivity contribution in [2.75, 3.05) is 0 Å². The van der Waals surface area contributed by atoms with Crippen LogP contribution in [0.25, 0.3) is 0 Å². The fraction of sp³-hybridized carbons (Fsp3) is 0.455. The zero-order valence-electron chi connectivity index (χ0n) is 15.9. The van der Waals surface area contributed by atoms with Gasteiger partial charge in [-0.3, -0.25) is 0 Å². The summed E-state index contributed by atoms with van der Waals surface area (Å²) in [6, 6.07) is 11.6. The zero-order chi connectivity index (χ0) is 18.3. The Hall–Kier alpha value is -1.96. The maximum Gasteiger partial charge on any atom is 0.123 e. The van der Waals surface area contributed by atoms with Gasteiger partial charge in [-0.05, 0) is 45.2 Å². The summed E-state index contributed by atoms with van der Waals surface area (Å²) in [6.45, 7) is 14.9. The molecule has 0 aromatic heterocycles. The fourth-order valence-corrected chi connectivity index (χ4v) is 3.01. The smallest absolute Gasteiger partial charge is 0.123 e. The molecule has 130 valence electrons. The molecule has 0 heterocycles. The van der Waals surface area contributed by atoms with Crippen molar-refractivity contribution in [3.05, 3.63) is 58.7 Å². The number of rotatable bonds is 2. The van der Waals surface area contributed by atoms with Crippen molar-refractivity contribution in [3.8, 4) is 11.5 Å². The van der Waals surface area contributed by atoms with Crippen LogP contribution >= 0.6 is 0 Å². The number of benzene rings is 2. The Kier molecular flexibility index (Phi) is 4.72. The maximum atomic E-state index is 10.8. The first-order chi connectivity index (χ1) is 10.9. The first-order valence-corrected chi connectivity index (χ1v) is 8.58. The monoisotopic (exact) mass is 326 g/mol. The molecule has 2 rings (SSSR count). The third-order valence-electron chi connectivity index (χ3n) is 4.64. The van der Waals surface area contributed by atoms with Crippen molar-refractivity contribution < 1.29 is 10.2 Å². The Balaban J connectivity index is 2.63. The van der Waals surface area contributed by atoms with E-state index < -0.39 is 0 Å². The molecule has 0 spiro atoms. The highest BCUT2D eigenvalue weighted by Gasteiger charge is 2.27. The van der Waals surface area contributed by atoms with Crippen molar-refractivity contribution in [1.82, 2.24) is 0 Å². The van der Waals surface area contributed by atoms with Crippen LogP contribution in [-0.4, -0.2) is 10.2 Å². The molecule has 2 N–H and O–H groups in total. The molecule has 0 saturated carbocycles. The molecule has 0 aliphatic rings. The van der Waals surface area contributed by atoms with E-state index in [1.165, 1.54) is 5.56 Å². The average Bonchev–Trinajstić information content (AvgIpc) is 2.45. The summed E-state index contributed by atoms with van der Waals surface area (Å²) in [4.78, 5) is 0. The van der Waals surface area contributed by atoms with Crippen molar-refractivity contribution in [3.63, 3.8) is 0 Å². The standard InChI is InChI=1S/C22H30O2/c1-14(15-8-10-17(23)11-9-15)16-12-18(21(2,3)4)20(24)19(13-16)22(5,6)7/h8-14,23-24H,1-7H3. The molecule has 0 saturated heterocycles. The van der Waals surface area contributed by atoms with Crippen LogP contribution in [0.1, 0.15) is 76.6 Å². The van der Waals surface area contributed by atoms with Gasteiger partial charge in [0, 0.05) is 5.92 Å². The zero-order valence-corrected chi connectivity index (χ0v) is 15.9. The van der Waals surface area contributed by atoms with Crippen LogP contribution in [0.5, 0.6) is 11.5 Å². The molecule has 1 unspecified atom stereocenters. The number of phenols is 2. The molecule has 0 aliphatic heterocycles. The molecular weight excluding hydrogens is 296 g/mol. The summed E-state index contributed by atoms with van der Waals surface area (Å²) < 4.78 is 0. The number of phenolic OH excluding ortho intramolecular Hbond substituents is 2. The second kappa shape index (κ2) is 6.16. The summed E-state index contributed by atoms with van der Waals surface area (Å²) >= 11 is 0. The number of hydrogen-bond acceptors (Lipinski definition) is 2. The van der Waals surface area contributed by atoms with Gasteiger partial charge in [-0.25, -0.2) is 0 Å². The van der Waals surface area contributed by atoms with Gasteiger partial charge in [-0.15, -0.1) is 0 Å². The van der Waals surface area contributed by atoms with E-state index in [1.54, 1.807) is 12.1 Å². The normalized spacial score (nSPS) is 13.8. The SMILES string of the molecule is CC(c1ccc(O)cc1)c1cc(C(C)(C)C)c(O)c(C(C)(C)C)c1. The van der Waals surface area contributed by atoms with Gasteiger partial charge in [0.25, 0.3) is 0 Å². The molecular formula is C22H30O2. The van der Waals surface area contributed by atoms with Gasteiger partial charge in [-0.2, -0.15) is 0 Å². The molecule has 24 heavy (non-hydrogen) atoms. The lowest BCUT2D eigenvalue weighted by atomic mass is 9.76. The first kappa shape index (κ1) is 18.4. The molecule has 2 heteroatoms. The van der Waals surface area contributed by atoms with E-state index in [9.17, 15) is 10.2 Å². The highest BCUT2D eigenvalue weighted by Crippen LogP contribution is 2.42. The minimum absolute atomic E-state index is 0.130. The lowest BCUT2D eigenvalue weighted by Crippen LogP contribution is -2.18. The van der Waals surface area contributed by atoms with Crippen LogP contribution in [0.4, 0.5) is 0 Å². The Labute approximate surface area is 146 Å². The lowest BCUT2D eigenvalue weighted by Gasteiger charge is -2.29. The van der Waals surface area contributed by atoms with E-state index in [4.69, 9.17) is 0 Å². The van der Waals surface area contributed by atoms with Crippen LogP contribution < -0.4 is 0 Å². The van der Waals surface area contributed by atoms with Crippen LogP contribution in [0, 0.1) is 0 Å². The van der Waals surface area contributed by atoms with Gasteiger partial charge in [0.2, 0.25) is 0 Å². The van der Waals surface area contributed by atoms with Gasteiger partial charge in [-0.1, -0.05) is 72.7 Å². The predicted octanol–water partition coefficient (Wildman–Crippen LogP) is 5.84. The van der Waals surface area contributed by atoms with E-state index in [-0.39, 0.29) is 22.5 Å². The third-order valence-corrected chi connectivity index (χ3v) is 4.64. The lowest BCUT2D eigenvalue weighted by molar-refractivity contribution is 0.422. The summed E-state index contributed by atoms with van der Waals surface area (Å²) in [6.07, 6.45) is 0. The number of aromatic hydroxyl groups is 2. The quantitative estimate of drug-likeness (QED) is 0.727. The van der Waals surface area contributed by atoms with Crippen LogP contribution in [0.15, 0.2) is 36.4 Å². The van der Waals surface area contributed by atoms with Gasteiger partial charge >= 0.3 is 0 Å². The van der Waals surface area contributed by atoms with Gasteiger partial charge < -0.3 is 10.2 Å². The highest BCUT2D eigenvalue weighted by atomic mass is 16.3. The van der Waals surface area contributed by atoms with E-state index in [0.717, 1.165) is 16.7 Å². The van der Waals surface area contributed by atoms with E-state index in [0.29, 0.717) is 5.75 Å².